The Bertz CT molecular complexity index is 1650. The molecule has 0 amide bonds. The zero-order valence-electron chi connectivity index (χ0n) is 67.1. The lowest BCUT2D eigenvalue weighted by Gasteiger charge is -2.24. The van der Waals surface area contributed by atoms with E-state index in [-0.39, 0.29) is 25.6 Å². The summed E-state index contributed by atoms with van der Waals surface area (Å²) in [5.74, 6) is -0.765. The van der Waals surface area contributed by atoms with Gasteiger partial charge in [0.1, 0.15) is 19.8 Å². The SMILES string of the molecule is CCCCCCCCCC/C=C\CCCCCCCCCCCCCCCCCCCCCCCC(=O)OC(COC(=O)CCCCCCCCCCCCCCCCCCCCCCCCCCCCCCCCCCCCCCCCCCC)COP(=O)(O)OCC[N+](C)(C)C. The van der Waals surface area contributed by atoms with E-state index in [1.165, 1.54) is 424 Å². The van der Waals surface area contributed by atoms with E-state index < -0.39 is 26.5 Å². The molecule has 0 saturated carbocycles. The van der Waals surface area contributed by atoms with Crippen LogP contribution in [-0.4, -0.2) is 74.9 Å². The van der Waals surface area contributed by atoms with E-state index in [1.807, 2.05) is 21.1 Å². The summed E-state index contributed by atoms with van der Waals surface area (Å²) in [6.45, 7) is 4.54. The Hall–Kier alpha value is -1.25. The van der Waals surface area contributed by atoms with Gasteiger partial charge in [0.2, 0.25) is 0 Å². The summed E-state index contributed by atoms with van der Waals surface area (Å²) in [4.78, 5) is 36.0. The van der Waals surface area contributed by atoms with Crippen LogP contribution in [0.2, 0.25) is 0 Å². The number of carbonyl (C=O) groups is 2. The van der Waals surface area contributed by atoms with Crippen LogP contribution >= 0.6 is 7.82 Å². The first-order valence-corrected chi connectivity index (χ1v) is 45.9. The van der Waals surface area contributed by atoms with Crippen LogP contribution in [-0.2, 0) is 32.7 Å². The Balaban J connectivity index is 3.82. The Kier molecular flexibility index (Phi) is 78.8. The molecule has 0 bridgehead atoms. The number of unbranched alkanes of at least 4 members (excludes halogenated alkanes) is 69. The van der Waals surface area contributed by atoms with Gasteiger partial charge in [-0.05, 0) is 38.5 Å². The third kappa shape index (κ3) is 83.7. The van der Waals surface area contributed by atoms with Crippen molar-refractivity contribution in [2.24, 2.45) is 0 Å². The van der Waals surface area contributed by atoms with E-state index >= 15 is 0 Å². The maximum atomic E-state index is 12.9. The molecule has 1 N–H and O–H groups in total. The number of likely N-dealkylation sites (N-methyl/N-ethyl adjacent to an activating group) is 1. The quantitative estimate of drug-likeness (QED) is 0.0211. The van der Waals surface area contributed by atoms with Crippen molar-refractivity contribution in [1.29, 1.82) is 0 Å². The topological polar surface area (TPSA) is 108 Å². The van der Waals surface area contributed by atoms with E-state index in [0.29, 0.717) is 17.4 Å². The highest BCUT2D eigenvalue weighted by molar-refractivity contribution is 7.47. The lowest BCUT2D eigenvalue weighted by molar-refractivity contribution is -0.870. The summed E-state index contributed by atoms with van der Waals surface area (Å²) < 4.78 is 34.9. The number of hydrogen-bond acceptors (Lipinski definition) is 7. The molecule has 0 radical (unpaired) electrons. The molecule has 98 heavy (non-hydrogen) atoms. The van der Waals surface area contributed by atoms with Crippen LogP contribution in [0.15, 0.2) is 12.2 Å². The van der Waals surface area contributed by atoms with Crippen LogP contribution in [0.3, 0.4) is 0 Å². The zero-order chi connectivity index (χ0) is 71.1. The van der Waals surface area contributed by atoms with Crippen LogP contribution in [0, 0.1) is 0 Å². The second-order valence-corrected chi connectivity index (χ2v) is 33.5. The third-order valence-electron chi connectivity index (χ3n) is 20.8. The van der Waals surface area contributed by atoms with Gasteiger partial charge in [-0.25, -0.2) is 4.57 Å². The van der Waals surface area contributed by atoms with Crippen molar-refractivity contribution in [3.63, 3.8) is 0 Å². The predicted octanol–water partition coefficient (Wildman–Crippen LogP) is 29.7. The number of esters is 2. The Morgan fingerprint density at radius 2 is 0.520 bits per heavy atom. The molecule has 9 nitrogen and oxygen atoms in total. The van der Waals surface area contributed by atoms with Crippen LogP contribution in [0.25, 0.3) is 0 Å². The lowest BCUT2D eigenvalue weighted by atomic mass is 10.0. The highest BCUT2D eigenvalue weighted by atomic mass is 31.2. The lowest BCUT2D eigenvalue weighted by Crippen LogP contribution is -2.37. The molecule has 0 heterocycles. The molecule has 0 aromatic rings. The average molecular weight is 1410 g/mol. The monoisotopic (exact) mass is 1410 g/mol. The fourth-order valence-electron chi connectivity index (χ4n) is 14.0. The second kappa shape index (κ2) is 79.9. The van der Waals surface area contributed by atoms with Crippen molar-refractivity contribution in [2.45, 2.75) is 495 Å². The Morgan fingerprint density at radius 3 is 0.755 bits per heavy atom. The van der Waals surface area contributed by atoms with E-state index in [9.17, 15) is 19.0 Å². The van der Waals surface area contributed by atoms with Crippen LogP contribution in [0.4, 0.5) is 0 Å². The molecule has 0 aliphatic rings. The van der Waals surface area contributed by atoms with Gasteiger partial charge in [-0.1, -0.05) is 450 Å². The number of rotatable bonds is 85. The van der Waals surface area contributed by atoms with Gasteiger partial charge < -0.3 is 18.9 Å². The molecule has 0 aliphatic heterocycles. The predicted molar refractivity (Wildman–Crippen MR) is 428 cm³/mol. The second-order valence-electron chi connectivity index (χ2n) is 32.0. The Labute approximate surface area is 613 Å². The molecule has 10 heteroatoms. The molecule has 584 valence electrons. The summed E-state index contributed by atoms with van der Waals surface area (Å²) in [7, 11) is 1.51. The number of hydrogen-bond donors (Lipinski definition) is 1. The minimum atomic E-state index is -4.39. The Morgan fingerprint density at radius 1 is 0.306 bits per heavy atom. The number of allylic oxidation sites excluding steroid dienone is 2. The first-order chi connectivity index (χ1) is 48.0. The molecule has 0 rings (SSSR count). The van der Waals surface area contributed by atoms with Gasteiger partial charge in [0.15, 0.2) is 6.10 Å². The smallest absolute Gasteiger partial charge is 0.462 e. The van der Waals surface area contributed by atoms with E-state index in [4.69, 9.17) is 18.5 Å². The van der Waals surface area contributed by atoms with Crippen molar-refractivity contribution in [3.8, 4) is 0 Å². The summed E-state index contributed by atoms with van der Waals surface area (Å²) in [6, 6.07) is 0. The molecule has 0 saturated heterocycles. The number of quaternary nitrogens is 1. The van der Waals surface area contributed by atoms with Gasteiger partial charge in [0, 0.05) is 12.8 Å². The molecule has 2 unspecified atom stereocenters. The molecule has 0 aromatic carbocycles. The molecular formula is C88H175NO8P+. The van der Waals surface area contributed by atoms with Crippen molar-refractivity contribution in [2.75, 3.05) is 47.5 Å². The summed E-state index contributed by atoms with van der Waals surface area (Å²) >= 11 is 0. The summed E-state index contributed by atoms with van der Waals surface area (Å²) in [6.07, 6.45) is 103. The number of phosphoric ester groups is 1. The van der Waals surface area contributed by atoms with Crippen molar-refractivity contribution < 1.29 is 42.1 Å². The first kappa shape index (κ1) is 96.8. The standard InChI is InChI=1S/C88H174NO8P/c1-6-8-10-12-14-16-18-20-22-24-26-28-30-32-34-36-38-40-41-42-43-44-45-46-47-49-50-52-54-56-58-60-62-64-66-68-70-72-74-76-78-80-87(90)94-84-86(85-96-98(92,93)95-83-82-89(3,4)5)97-88(91)81-79-77-75-73-71-69-67-65-63-61-59-57-55-53-51-48-39-37-35-33-31-29-27-25-23-21-19-17-15-13-11-9-7-2/h25,27,86H,6-24,26,28-85H2,1-5H3/p+1/b27-25-. The average Bonchev–Trinajstić information content (AvgIpc) is 1.08. The van der Waals surface area contributed by atoms with Gasteiger partial charge in [0.25, 0.3) is 0 Å². The zero-order valence-corrected chi connectivity index (χ0v) is 68.0. The molecule has 0 spiro atoms. The number of phosphoric acid groups is 1. The molecule has 0 fully saturated rings. The first-order valence-electron chi connectivity index (χ1n) is 44.4. The van der Waals surface area contributed by atoms with Gasteiger partial charge in [0.05, 0.1) is 27.7 Å². The van der Waals surface area contributed by atoms with Crippen molar-refractivity contribution in [3.05, 3.63) is 12.2 Å². The molecular weight excluding hydrogens is 1230 g/mol. The maximum absolute atomic E-state index is 12.9. The molecule has 0 aliphatic carbocycles. The normalized spacial score (nSPS) is 12.9. The number of nitrogens with zero attached hydrogens (tertiary/aromatic N) is 1. The van der Waals surface area contributed by atoms with Crippen molar-refractivity contribution in [1.82, 2.24) is 0 Å². The van der Waals surface area contributed by atoms with Gasteiger partial charge in [-0.3, -0.25) is 18.6 Å². The maximum Gasteiger partial charge on any atom is 0.472 e. The van der Waals surface area contributed by atoms with Gasteiger partial charge >= 0.3 is 19.8 Å². The fraction of sp³-hybridized carbons (Fsp3) is 0.955. The third-order valence-corrected chi connectivity index (χ3v) is 21.8. The van der Waals surface area contributed by atoms with Crippen LogP contribution < -0.4 is 0 Å². The van der Waals surface area contributed by atoms with Crippen LogP contribution in [0.5, 0.6) is 0 Å². The fourth-order valence-corrected chi connectivity index (χ4v) is 14.8. The summed E-state index contributed by atoms with van der Waals surface area (Å²) in [5, 5.41) is 0. The molecule has 0 aromatic heterocycles. The van der Waals surface area contributed by atoms with E-state index in [1.54, 1.807) is 0 Å². The van der Waals surface area contributed by atoms with E-state index in [0.717, 1.165) is 38.5 Å². The number of ether oxygens (including phenoxy) is 2. The van der Waals surface area contributed by atoms with Crippen LogP contribution in [0.1, 0.15) is 489 Å². The highest BCUT2D eigenvalue weighted by Gasteiger charge is 2.27. The summed E-state index contributed by atoms with van der Waals surface area (Å²) in [5.41, 5.74) is 0. The largest absolute Gasteiger partial charge is 0.472 e. The van der Waals surface area contributed by atoms with Gasteiger partial charge in [-0.15, -0.1) is 0 Å². The van der Waals surface area contributed by atoms with Gasteiger partial charge in [-0.2, -0.15) is 0 Å². The van der Waals surface area contributed by atoms with E-state index in [2.05, 4.69) is 26.0 Å². The highest BCUT2D eigenvalue weighted by Crippen LogP contribution is 2.43. The van der Waals surface area contributed by atoms with Crippen molar-refractivity contribution >= 4 is 19.8 Å². The minimum Gasteiger partial charge on any atom is -0.462 e. The molecule has 2 atom stereocenters. The minimum absolute atomic E-state index is 0.0370. The number of carbonyl (C=O) groups excluding carboxylic acids is 2.